The van der Waals surface area contributed by atoms with E-state index in [4.69, 9.17) is 0 Å². The molecule has 1 aliphatic carbocycles. The molecule has 1 fully saturated rings. The lowest BCUT2D eigenvalue weighted by Gasteiger charge is -2.06. The quantitative estimate of drug-likeness (QED) is 0.821. The van der Waals surface area contributed by atoms with Gasteiger partial charge in [-0.2, -0.15) is 5.10 Å². The van der Waals surface area contributed by atoms with Gasteiger partial charge in [0.05, 0.1) is 5.69 Å². The van der Waals surface area contributed by atoms with Crippen molar-refractivity contribution in [2.75, 3.05) is 0 Å². The van der Waals surface area contributed by atoms with Gasteiger partial charge in [-0.25, -0.2) is 0 Å². The number of nitrogens with zero attached hydrogens (tertiary/aromatic N) is 2. The van der Waals surface area contributed by atoms with Gasteiger partial charge in [-0.3, -0.25) is 4.68 Å². The average molecular weight is 235 g/mol. The Bertz CT molecular complexity index is 368. The highest BCUT2D eigenvalue weighted by Crippen LogP contribution is 2.34. The molecule has 2 rings (SSSR count). The molecule has 17 heavy (non-hydrogen) atoms. The van der Waals surface area contributed by atoms with Crippen molar-refractivity contribution in [3.63, 3.8) is 0 Å². The van der Waals surface area contributed by atoms with Crippen LogP contribution in [0.3, 0.4) is 0 Å². The van der Waals surface area contributed by atoms with Crippen LogP contribution in [-0.2, 0) is 13.6 Å². The molecule has 0 bridgehead atoms. The fourth-order valence-electron chi connectivity index (χ4n) is 2.61. The number of aryl methyl sites for hydroxylation is 1. The van der Waals surface area contributed by atoms with Gasteiger partial charge in [0.1, 0.15) is 0 Å². The second-order valence-electron chi connectivity index (χ2n) is 5.64. The molecule has 1 aromatic rings. The summed E-state index contributed by atoms with van der Waals surface area (Å²) in [6, 6.07) is 0.759. The molecule has 3 nitrogen and oxygen atoms in total. The Morgan fingerprint density at radius 2 is 2.29 bits per heavy atom. The number of hydrogen-bond donors (Lipinski definition) is 1. The van der Waals surface area contributed by atoms with Crippen LogP contribution in [0.2, 0.25) is 0 Å². The normalized spacial score (nSPS) is 23.4. The number of rotatable bonds is 6. The van der Waals surface area contributed by atoms with Crippen molar-refractivity contribution in [3.8, 4) is 0 Å². The van der Waals surface area contributed by atoms with E-state index in [-0.39, 0.29) is 0 Å². The Morgan fingerprint density at radius 3 is 2.94 bits per heavy atom. The third kappa shape index (κ3) is 3.09. The second-order valence-corrected chi connectivity index (χ2v) is 5.64. The molecule has 96 valence electrons. The van der Waals surface area contributed by atoms with Crippen LogP contribution in [0.5, 0.6) is 0 Å². The molecule has 1 aliphatic rings. The lowest BCUT2D eigenvalue weighted by molar-refractivity contribution is 0.596. The van der Waals surface area contributed by atoms with Crippen molar-refractivity contribution in [1.29, 1.82) is 0 Å². The molecule has 0 aliphatic heterocycles. The number of nitrogens with one attached hydrogen (secondary N) is 1. The summed E-state index contributed by atoms with van der Waals surface area (Å²) in [5, 5.41) is 8.20. The first-order valence-corrected chi connectivity index (χ1v) is 6.87. The Labute approximate surface area is 105 Å². The fourth-order valence-corrected chi connectivity index (χ4v) is 2.61. The Hall–Kier alpha value is -0.830. The van der Waals surface area contributed by atoms with Crippen LogP contribution in [0, 0.1) is 5.92 Å². The number of hydrogen-bond acceptors (Lipinski definition) is 2. The highest BCUT2D eigenvalue weighted by Gasteiger charge is 2.35. The molecule has 0 amide bonds. The third-order valence-electron chi connectivity index (χ3n) is 3.62. The van der Waals surface area contributed by atoms with Crippen LogP contribution in [-0.4, -0.2) is 15.8 Å². The lowest BCUT2D eigenvalue weighted by atomic mass is 10.1. The van der Waals surface area contributed by atoms with Crippen LogP contribution in [0.15, 0.2) is 6.20 Å². The SMILES string of the molecule is CCCC1CC1NCc1cn(C)nc1C(C)C. The first kappa shape index (κ1) is 12.6. The van der Waals surface area contributed by atoms with E-state index in [0.29, 0.717) is 5.92 Å². The first-order valence-electron chi connectivity index (χ1n) is 6.87. The molecule has 3 heteroatoms. The molecular formula is C14H25N3. The van der Waals surface area contributed by atoms with Gasteiger partial charge in [-0.05, 0) is 24.7 Å². The predicted octanol–water partition coefficient (Wildman–Crippen LogP) is 2.82. The maximum absolute atomic E-state index is 4.54. The zero-order valence-electron chi connectivity index (χ0n) is 11.5. The first-order chi connectivity index (χ1) is 8.11. The Morgan fingerprint density at radius 1 is 1.53 bits per heavy atom. The largest absolute Gasteiger partial charge is 0.310 e. The highest BCUT2D eigenvalue weighted by molar-refractivity contribution is 5.20. The summed E-state index contributed by atoms with van der Waals surface area (Å²) in [6.07, 6.45) is 6.21. The molecule has 1 N–H and O–H groups in total. The highest BCUT2D eigenvalue weighted by atomic mass is 15.3. The van der Waals surface area contributed by atoms with Crippen LogP contribution < -0.4 is 5.32 Å². The lowest BCUT2D eigenvalue weighted by Crippen LogP contribution is -2.18. The van der Waals surface area contributed by atoms with Gasteiger partial charge in [0.15, 0.2) is 0 Å². The maximum Gasteiger partial charge on any atom is 0.0694 e. The van der Waals surface area contributed by atoms with E-state index >= 15 is 0 Å². The molecule has 0 saturated heterocycles. The van der Waals surface area contributed by atoms with E-state index in [1.165, 1.54) is 30.5 Å². The van der Waals surface area contributed by atoms with Crippen LogP contribution in [0.25, 0.3) is 0 Å². The number of aromatic nitrogens is 2. The Balaban J connectivity index is 1.87. The molecule has 1 saturated carbocycles. The fraction of sp³-hybridized carbons (Fsp3) is 0.786. The molecule has 0 spiro atoms. The second kappa shape index (κ2) is 5.21. The van der Waals surface area contributed by atoms with Gasteiger partial charge in [0, 0.05) is 31.4 Å². The molecule has 2 unspecified atom stereocenters. The van der Waals surface area contributed by atoms with Crippen molar-refractivity contribution in [2.45, 2.75) is 58.5 Å². The summed E-state index contributed by atoms with van der Waals surface area (Å²) in [6.45, 7) is 7.67. The van der Waals surface area contributed by atoms with Gasteiger partial charge >= 0.3 is 0 Å². The topological polar surface area (TPSA) is 29.9 Å². The van der Waals surface area contributed by atoms with E-state index in [2.05, 4.69) is 37.4 Å². The van der Waals surface area contributed by atoms with Crippen molar-refractivity contribution in [2.24, 2.45) is 13.0 Å². The summed E-state index contributed by atoms with van der Waals surface area (Å²) in [5.41, 5.74) is 2.61. The predicted molar refractivity (Wildman–Crippen MR) is 70.9 cm³/mol. The monoisotopic (exact) mass is 235 g/mol. The van der Waals surface area contributed by atoms with Crippen molar-refractivity contribution in [3.05, 3.63) is 17.5 Å². The maximum atomic E-state index is 4.54. The summed E-state index contributed by atoms with van der Waals surface area (Å²) >= 11 is 0. The minimum absolute atomic E-state index is 0.513. The summed E-state index contributed by atoms with van der Waals surface area (Å²) in [4.78, 5) is 0. The minimum Gasteiger partial charge on any atom is -0.310 e. The van der Waals surface area contributed by atoms with Gasteiger partial charge in [-0.1, -0.05) is 27.2 Å². The van der Waals surface area contributed by atoms with Gasteiger partial charge < -0.3 is 5.32 Å². The molecular weight excluding hydrogens is 210 g/mol. The molecule has 0 radical (unpaired) electrons. The van der Waals surface area contributed by atoms with E-state index in [1.54, 1.807) is 0 Å². The zero-order valence-corrected chi connectivity index (χ0v) is 11.5. The van der Waals surface area contributed by atoms with Crippen LogP contribution in [0.4, 0.5) is 0 Å². The van der Waals surface area contributed by atoms with Crippen molar-refractivity contribution < 1.29 is 0 Å². The average Bonchev–Trinajstić information content (AvgIpc) is 2.89. The van der Waals surface area contributed by atoms with E-state index in [9.17, 15) is 0 Å². The molecule has 1 heterocycles. The van der Waals surface area contributed by atoms with Gasteiger partial charge in [0.2, 0.25) is 0 Å². The molecule has 2 atom stereocenters. The van der Waals surface area contributed by atoms with Crippen molar-refractivity contribution >= 4 is 0 Å². The van der Waals surface area contributed by atoms with E-state index < -0.39 is 0 Å². The smallest absolute Gasteiger partial charge is 0.0694 e. The van der Waals surface area contributed by atoms with Gasteiger partial charge in [-0.15, -0.1) is 0 Å². The summed E-state index contributed by atoms with van der Waals surface area (Å²) in [5.74, 6) is 1.44. The van der Waals surface area contributed by atoms with Gasteiger partial charge in [0.25, 0.3) is 0 Å². The van der Waals surface area contributed by atoms with E-state index in [0.717, 1.165) is 18.5 Å². The molecule has 0 aromatic carbocycles. The van der Waals surface area contributed by atoms with Crippen LogP contribution >= 0.6 is 0 Å². The Kier molecular flexibility index (Phi) is 3.87. The summed E-state index contributed by atoms with van der Waals surface area (Å²) < 4.78 is 1.93. The third-order valence-corrected chi connectivity index (χ3v) is 3.62. The van der Waals surface area contributed by atoms with Crippen molar-refractivity contribution in [1.82, 2.24) is 15.1 Å². The minimum atomic E-state index is 0.513. The van der Waals surface area contributed by atoms with E-state index in [1.807, 2.05) is 11.7 Å². The standard InChI is InChI=1S/C14H25N3/c1-5-6-11-7-13(11)15-8-12-9-17(4)16-14(12)10(2)3/h9-11,13,15H,5-8H2,1-4H3. The van der Waals surface area contributed by atoms with Crippen LogP contribution in [0.1, 0.15) is 57.2 Å². The summed E-state index contributed by atoms with van der Waals surface area (Å²) in [7, 11) is 2.01. The zero-order chi connectivity index (χ0) is 12.4. The molecule has 1 aromatic heterocycles.